The van der Waals surface area contributed by atoms with Crippen molar-refractivity contribution in [1.29, 1.82) is 0 Å². The third kappa shape index (κ3) is 2.59. The molecule has 0 saturated carbocycles. The van der Waals surface area contributed by atoms with Crippen LogP contribution < -0.4 is 16.4 Å². The minimum absolute atomic E-state index is 0.000761. The molecule has 0 aliphatic heterocycles. The van der Waals surface area contributed by atoms with Gasteiger partial charge in [0.25, 0.3) is 0 Å². The zero-order chi connectivity index (χ0) is 12.4. The number of aromatic nitrogens is 1. The summed E-state index contributed by atoms with van der Waals surface area (Å²) in [5.74, 6) is 0.000761. The van der Waals surface area contributed by atoms with Crippen molar-refractivity contribution in [2.45, 2.75) is 13.3 Å². The van der Waals surface area contributed by atoms with Crippen LogP contribution in [0.1, 0.15) is 12.5 Å². The molecule has 0 bridgehead atoms. The minimum atomic E-state index is 0.000761. The number of aromatic amines is 1. The number of H-pyrrole nitrogens is 1. The van der Waals surface area contributed by atoms with E-state index in [0.717, 1.165) is 28.3 Å². The van der Waals surface area contributed by atoms with Crippen molar-refractivity contribution in [2.24, 2.45) is 0 Å². The molecule has 1 heterocycles. The Morgan fingerprint density at radius 1 is 1.53 bits per heavy atom. The zero-order valence-corrected chi connectivity index (χ0v) is 10.9. The molecule has 17 heavy (non-hydrogen) atoms. The Kier molecular flexibility index (Phi) is 3.34. The molecule has 1 aromatic heterocycles. The Balaban J connectivity index is 2.23. The van der Waals surface area contributed by atoms with Gasteiger partial charge in [-0.1, -0.05) is 0 Å². The van der Waals surface area contributed by atoms with Crippen LogP contribution in [-0.2, 0) is 11.2 Å². The fourth-order valence-corrected chi connectivity index (χ4v) is 2.09. The van der Waals surface area contributed by atoms with Crippen LogP contribution in [-0.4, -0.2) is 17.4 Å². The number of nitrogen functional groups attached to an aromatic ring is 1. The quantitative estimate of drug-likeness (QED) is 0.559. The Morgan fingerprint density at radius 3 is 3.00 bits per heavy atom. The van der Waals surface area contributed by atoms with Crippen LogP contribution in [0.25, 0.3) is 10.9 Å². The largest absolute Gasteiger partial charge is 0.398 e. The van der Waals surface area contributed by atoms with Crippen molar-refractivity contribution in [3.8, 4) is 0 Å². The molecule has 5 heteroatoms. The van der Waals surface area contributed by atoms with E-state index >= 15 is 0 Å². The predicted molar refractivity (Wildman–Crippen MR) is 74.4 cm³/mol. The number of nitrogens with one attached hydrogen (secondary N) is 2. The van der Waals surface area contributed by atoms with E-state index in [1.54, 1.807) is 0 Å². The van der Waals surface area contributed by atoms with E-state index in [2.05, 4.69) is 25.6 Å². The maximum absolute atomic E-state index is 10.8. The maximum atomic E-state index is 10.8. The normalized spacial score (nSPS) is 10.7. The highest BCUT2D eigenvalue weighted by Gasteiger charge is 2.06. The van der Waals surface area contributed by atoms with Gasteiger partial charge in [-0.05, 0) is 29.4 Å². The van der Waals surface area contributed by atoms with E-state index in [9.17, 15) is 4.79 Å². The Bertz CT molecular complexity index is 562. The summed E-state index contributed by atoms with van der Waals surface area (Å²) in [5.41, 5.74) is 8.82. The van der Waals surface area contributed by atoms with Crippen LogP contribution in [0.4, 0.5) is 5.69 Å². The van der Waals surface area contributed by atoms with Gasteiger partial charge >= 0.3 is 0 Å². The van der Waals surface area contributed by atoms with E-state index in [-0.39, 0.29) is 5.91 Å². The molecule has 1 amide bonds. The minimum Gasteiger partial charge on any atom is -0.398 e. The molecule has 90 valence electrons. The van der Waals surface area contributed by atoms with Gasteiger partial charge in [0.15, 0.2) is 0 Å². The second-order valence-electron chi connectivity index (χ2n) is 4.07. The molecule has 1 aromatic carbocycles. The van der Waals surface area contributed by atoms with Crippen LogP contribution in [0.2, 0.25) is 0 Å². The fourth-order valence-electron chi connectivity index (χ4n) is 1.84. The first kappa shape index (κ1) is 11.9. The van der Waals surface area contributed by atoms with Crippen molar-refractivity contribution >= 4 is 37.0 Å². The highest BCUT2D eigenvalue weighted by molar-refractivity contribution is 7.28. The molecule has 4 N–H and O–H groups in total. The summed E-state index contributed by atoms with van der Waals surface area (Å²) in [5, 5.41) is 4.95. The average molecular weight is 249 g/mol. The van der Waals surface area contributed by atoms with E-state index in [1.807, 2.05) is 12.3 Å². The molecule has 0 radical (unpaired) electrons. The number of benzene rings is 1. The van der Waals surface area contributed by atoms with Crippen LogP contribution in [0.3, 0.4) is 0 Å². The van der Waals surface area contributed by atoms with Gasteiger partial charge < -0.3 is 16.0 Å². The third-order valence-electron chi connectivity index (χ3n) is 2.74. The first-order valence-electron chi connectivity index (χ1n) is 5.47. The van der Waals surface area contributed by atoms with Crippen molar-refractivity contribution in [3.05, 3.63) is 23.9 Å². The van der Waals surface area contributed by atoms with Gasteiger partial charge in [-0.25, -0.2) is 0 Å². The molecule has 1 unspecified atom stereocenters. The Morgan fingerprint density at radius 2 is 2.29 bits per heavy atom. The monoisotopic (exact) mass is 249 g/mol. The number of amides is 1. The molecule has 0 saturated heterocycles. The Hall–Kier alpha value is -1.54. The third-order valence-corrected chi connectivity index (χ3v) is 3.24. The molecular weight excluding hydrogens is 233 g/mol. The number of nitrogens with two attached hydrogens (primary N) is 1. The molecule has 4 nitrogen and oxygen atoms in total. The lowest BCUT2D eigenvalue weighted by Gasteiger charge is -2.03. The highest BCUT2D eigenvalue weighted by Crippen LogP contribution is 2.21. The summed E-state index contributed by atoms with van der Waals surface area (Å²) in [7, 11) is 2.63. The van der Waals surface area contributed by atoms with E-state index in [0.29, 0.717) is 6.54 Å². The Labute approximate surface area is 102 Å². The number of rotatable bonds is 3. The lowest BCUT2D eigenvalue weighted by molar-refractivity contribution is -0.118. The van der Waals surface area contributed by atoms with Gasteiger partial charge in [0.2, 0.25) is 5.91 Å². The highest BCUT2D eigenvalue weighted by atomic mass is 31.0. The summed E-state index contributed by atoms with van der Waals surface area (Å²) in [4.78, 5) is 14.0. The SMILES string of the molecule is CC(=O)NCCc1c[nH]c2cc(N)c(P)cc12. The average Bonchev–Trinajstić information content (AvgIpc) is 2.62. The smallest absolute Gasteiger partial charge is 0.216 e. The fraction of sp³-hybridized carbons (Fsp3) is 0.250. The molecule has 0 spiro atoms. The van der Waals surface area contributed by atoms with E-state index < -0.39 is 0 Å². The van der Waals surface area contributed by atoms with Gasteiger partial charge in [-0.2, -0.15) is 0 Å². The van der Waals surface area contributed by atoms with Crippen LogP contribution in [0.5, 0.6) is 0 Å². The standard InChI is InChI=1S/C12H16N3OP/c1-7(16)14-3-2-8-6-15-11-5-10(13)12(17)4-9(8)11/h4-6,15H,2-3,13,17H2,1H3,(H,14,16). The number of carbonyl (C=O) groups excluding carboxylic acids is 1. The van der Waals surface area contributed by atoms with Gasteiger partial charge in [0.1, 0.15) is 0 Å². The van der Waals surface area contributed by atoms with Gasteiger partial charge in [-0.15, -0.1) is 9.24 Å². The first-order valence-corrected chi connectivity index (χ1v) is 6.05. The van der Waals surface area contributed by atoms with Crippen LogP contribution in [0.15, 0.2) is 18.3 Å². The zero-order valence-electron chi connectivity index (χ0n) is 9.71. The summed E-state index contributed by atoms with van der Waals surface area (Å²) in [6.45, 7) is 2.18. The van der Waals surface area contributed by atoms with Crippen molar-refractivity contribution in [2.75, 3.05) is 12.3 Å². The number of hydrogen-bond donors (Lipinski definition) is 3. The van der Waals surface area contributed by atoms with Crippen molar-refractivity contribution < 1.29 is 4.79 Å². The first-order chi connectivity index (χ1) is 8.08. The molecule has 2 rings (SSSR count). The van der Waals surface area contributed by atoms with Gasteiger partial charge in [0, 0.05) is 36.3 Å². The van der Waals surface area contributed by atoms with Crippen LogP contribution >= 0.6 is 9.24 Å². The topological polar surface area (TPSA) is 70.9 Å². The molecule has 2 aromatic rings. The van der Waals surface area contributed by atoms with E-state index in [4.69, 9.17) is 5.73 Å². The second kappa shape index (κ2) is 4.76. The summed E-state index contributed by atoms with van der Waals surface area (Å²) in [6, 6.07) is 3.98. The lowest BCUT2D eigenvalue weighted by atomic mass is 10.1. The van der Waals surface area contributed by atoms with Crippen molar-refractivity contribution in [1.82, 2.24) is 10.3 Å². The summed E-state index contributed by atoms with van der Waals surface area (Å²) >= 11 is 0. The van der Waals surface area contributed by atoms with Crippen LogP contribution in [0, 0.1) is 0 Å². The number of anilines is 1. The maximum Gasteiger partial charge on any atom is 0.216 e. The molecular formula is C12H16N3OP. The number of hydrogen-bond acceptors (Lipinski definition) is 2. The lowest BCUT2D eigenvalue weighted by Crippen LogP contribution is -2.22. The molecule has 0 aliphatic carbocycles. The summed E-state index contributed by atoms with van der Waals surface area (Å²) < 4.78 is 0. The molecule has 0 fully saturated rings. The number of carbonyl (C=O) groups is 1. The molecule has 0 aliphatic rings. The predicted octanol–water partition coefficient (Wildman–Crippen LogP) is 0.929. The second-order valence-corrected chi connectivity index (χ2v) is 4.70. The molecule has 1 atom stereocenters. The van der Waals surface area contributed by atoms with Crippen molar-refractivity contribution in [3.63, 3.8) is 0 Å². The van der Waals surface area contributed by atoms with E-state index in [1.165, 1.54) is 12.5 Å². The van der Waals surface area contributed by atoms with Gasteiger partial charge in [0.05, 0.1) is 0 Å². The summed E-state index contributed by atoms with van der Waals surface area (Å²) in [6.07, 6.45) is 2.78. The number of fused-ring (bicyclic) bond motifs is 1. The van der Waals surface area contributed by atoms with Gasteiger partial charge in [-0.3, -0.25) is 4.79 Å².